The first-order valence-corrected chi connectivity index (χ1v) is 7.15. The van der Waals surface area contributed by atoms with Crippen LogP contribution in [0, 0.1) is 11.8 Å². The molecule has 2 saturated carbocycles. The van der Waals surface area contributed by atoms with Crippen molar-refractivity contribution in [2.75, 3.05) is 0 Å². The van der Waals surface area contributed by atoms with Gasteiger partial charge in [0.1, 0.15) is 0 Å². The zero-order valence-corrected chi connectivity index (χ0v) is 10.7. The summed E-state index contributed by atoms with van der Waals surface area (Å²) < 4.78 is 5.63. The number of hydrogen-bond donors (Lipinski definition) is 0. The minimum Gasteiger partial charge on any atom is -0.415 e. The quantitative estimate of drug-likeness (QED) is 0.664. The average Bonchev–Trinajstić information content (AvgIpc) is 2.33. The molecule has 0 aromatic carbocycles. The lowest BCUT2D eigenvalue weighted by Crippen LogP contribution is -2.34. The summed E-state index contributed by atoms with van der Waals surface area (Å²) in [5.74, 6) is 1.67. The van der Waals surface area contributed by atoms with Crippen molar-refractivity contribution in [1.82, 2.24) is 0 Å². The fraction of sp³-hybridized carbons (Fsp3) is 1.00. The van der Waals surface area contributed by atoms with Crippen molar-refractivity contribution in [2.24, 2.45) is 11.8 Å². The molecule has 0 aliphatic heterocycles. The van der Waals surface area contributed by atoms with Gasteiger partial charge in [-0.25, -0.2) is 0 Å². The van der Waals surface area contributed by atoms with Crippen LogP contribution < -0.4 is 0 Å². The molecule has 0 bridgehead atoms. The van der Waals surface area contributed by atoms with E-state index in [0.29, 0.717) is 6.10 Å². The molecule has 1 nitrogen and oxygen atoms in total. The second-order valence-corrected chi connectivity index (χ2v) is 5.61. The van der Waals surface area contributed by atoms with Gasteiger partial charge in [-0.05, 0) is 37.5 Å². The molecular weight excluding hydrogens is 200 g/mol. The smallest absolute Gasteiger partial charge is 0.246 e. The van der Waals surface area contributed by atoms with Crippen LogP contribution in [0.3, 0.4) is 0 Å². The van der Waals surface area contributed by atoms with Gasteiger partial charge in [0, 0.05) is 6.10 Å². The molecule has 0 heterocycles. The molecule has 0 N–H and O–H groups in total. The topological polar surface area (TPSA) is 9.23 Å². The second-order valence-electron chi connectivity index (χ2n) is 5.38. The van der Waals surface area contributed by atoms with Crippen LogP contribution in [0.25, 0.3) is 0 Å². The van der Waals surface area contributed by atoms with Crippen LogP contribution >= 0.6 is 0 Å². The maximum absolute atomic E-state index is 5.63. The van der Waals surface area contributed by atoms with Crippen molar-refractivity contribution in [3.63, 3.8) is 0 Å². The molecular formula is C13H23OSi. The first-order valence-electron chi connectivity index (χ1n) is 6.74. The Morgan fingerprint density at radius 3 is 1.47 bits per heavy atom. The zero-order valence-electron chi connectivity index (χ0n) is 9.71. The van der Waals surface area contributed by atoms with E-state index in [0.717, 1.165) is 11.8 Å². The summed E-state index contributed by atoms with van der Waals surface area (Å²) >= 11 is 0. The van der Waals surface area contributed by atoms with Crippen molar-refractivity contribution in [1.29, 1.82) is 0 Å². The van der Waals surface area contributed by atoms with Crippen molar-refractivity contribution in [3.05, 3.63) is 0 Å². The third-order valence-electron chi connectivity index (χ3n) is 4.36. The van der Waals surface area contributed by atoms with Crippen molar-refractivity contribution in [3.8, 4) is 0 Å². The maximum atomic E-state index is 5.63. The molecule has 0 aromatic rings. The molecule has 85 valence electrons. The van der Waals surface area contributed by atoms with Crippen LogP contribution in [0.4, 0.5) is 0 Å². The summed E-state index contributed by atoms with van der Waals surface area (Å²) in [6, 6.07) is 0. The largest absolute Gasteiger partial charge is 0.415 e. The van der Waals surface area contributed by atoms with Crippen LogP contribution in [0.5, 0.6) is 0 Å². The van der Waals surface area contributed by atoms with E-state index >= 15 is 0 Å². The molecule has 0 atom stereocenters. The molecule has 2 heteroatoms. The highest BCUT2D eigenvalue weighted by molar-refractivity contribution is 5.98. The summed E-state index contributed by atoms with van der Waals surface area (Å²) in [7, 11) is 3.34. The van der Waals surface area contributed by atoms with Gasteiger partial charge in [0.2, 0.25) is 10.5 Å². The average molecular weight is 223 g/mol. The second kappa shape index (κ2) is 6.05. The van der Waals surface area contributed by atoms with E-state index in [9.17, 15) is 0 Å². The number of hydrogen-bond acceptors (Lipinski definition) is 1. The summed E-state index contributed by atoms with van der Waals surface area (Å²) in [5, 5.41) is 0. The highest BCUT2D eigenvalue weighted by atomic mass is 28.2. The van der Waals surface area contributed by atoms with E-state index in [1.807, 2.05) is 0 Å². The van der Waals surface area contributed by atoms with Gasteiger partial charge in [0.25, 0.3) is 0 Å². The Labute approximate surface area is 97.5 Å². The van der Waals surface area contributed by atoms with Crippen LogP contribution in [0.1, 0.15) is 64.2 Å². The molecule has 2 fully saturated rings. The van der Waals surface area contributed by atoms with Gasteiger partial charge in [-0.2, -0.15) is 0 Å². The van der Waals surface area contributed by atoms with Gasteiger partial charge in [-0.15, -0.1) is 0 Å². The first kappa shape index (κ1) is 11.7. The van der Waals surface area contributed by atoms with Crippen molar-refractivity contribution < 1.29 is 4.43 Å². The molecule has 0 unspecified atom stereocenters. The third kappa shape index (κ3) is 3.07. The van der Waals surface area contributed by atoms with Gasteiger partial charge in [0.05, 0.1) is 0 Å². The molecule has 0 aromatic heterocycles. The maximum Gasteiger partial charge on any atom is 0.246 e. The Hall–Kier alpha value is 0.177. The molecule has 3 radical (unpaired) electrons. The van der Waals surface area contributed by atoms with E-state index < -0.39 is 0 Å². The highest BCUT2D eigenvalue weighted by Gasteiger charge is 2.30. The van der Waals surface area contributed by atoms with Gasteiger partial charge in [-0.1, -0.05) is 38.5 Å². The van der Waals surface area contributed by atoms with Crippen LogP contribution in [0.2, 0.25) is 0 Å². The minimum absolute atomic E-state index is 0.502. The van der Waals surface area contributed by atoms with Crippen molar-refractivity contribution in [2.45, 2.75) is 70.3 Å². The number of rotatable bonds is 3. The molecule has 2 rings (SSSR count). The normalized spacial score (nSPS) is 26.0. The summed E-state index contributed by atoms with van der Waals surface area (Å²) in [6.07, 6.45) is 14.6. The van der Waals surface area contributed by atoms with Crippen molar-refractivity contribution >= 4 is 10.5 Å². The zero-order chi connectivity index (χ0) is 10.5. The fourth-order valence-corrected chi connectivity index (χ4v) is 3.89. The van der Waals surface area contributed by atoms with E-state index in [4.69, 9.17) is 4.43 Å². The Bertz CT molecular complexity index is 153. The van der Waals surface area contributed by atoms with Gasteiger partial charge < -0.3 is 4.43 Å². The monoisotopic (exact) mass is 223 g/mol. The van der Waals surface area contributed by atoms with E-state index in [1.54, 1.807) is 0 Å². The standard InChI is InChI=1S/C13H23OSi/c15-14-13(11-7-3-1-4-8-11)12-9-5-2-6-10-12/h11-13H,1-10H2. The predicted molar refractivity (Wildman–Crippen MR) is 63.8 cm³/mol. The predicted octanol–water partition coefficient (Wildman–Crippen LogP) is 3.62. The SMILES string of the molecule is [Si]OC(C1CCCCC1)C1CCCCC1. The lowest BCUT2D eigenvalue weighted by molar-refractivity contribution is 0.0460. The first-order chi connectivity index (χ1) is 7.42. The summed E-state index contributed by atoms with van der Waals surface area (Å²) in [4.78, 5) is 0. The van der Waals surface area contributed by atoms with Gasteiger partial charge in [0.15, 0.2) is 0 Å². The molecule has 2 aliphatic rings. The molecule has 2 aliphatic carbocycles. The summed E-state index contributed by atoms with van der Waals surface area (Å²) in [6.45, 7) is 0. The summed E-state index contributed by atoms with van der Waals surface area (Å²) in [5.41, 5.74) is 0. The van der Waals surface area contributed by atoms with Gasteiger partial charge in [-0.3, -0.25) is 0 Å². The Kier molecular flexibility index (Phi) is 4.70. The van der Waals surface area contributed by atoms with E-state index in [-0.39, 0.29) is 0 Å². The van der Waals surface area contributed by atoms with Crippen LogP contribution in [-0.2, 0) is 4.43 Å². The molecule has 0 spiro atoms. The lowest BCUT2D eigenvalue weighted by Gasteiger charge is -2.37. The molecule has 0 saturated heterocycles. The fourth-order valence-electron chi connectivity index (χ4n) is 3.50. The Morgan fingerprint density at radius 1 is 0.733 bits per heavy atom. The highest BCUT2D eigenvalue weighted by Crippen LogP contribution is 2.36. The Balaban J connectivity index is 1.88. The molecule has 15 heavy (non-hydrogen) atoms. The minimum atomic E-state index is 0.502. The van der Waals surface area contributed by atoms with Crippen LogP contribution in [0.15, 0.2) is 0 Å². The Morgan fingerprint density at radius 2 is 1.13 bits per heavy atom. The van der Waals surface area contributed by atoms with E-state index in [1.165, 1.54) is 64.2 Å². The van der Waals surface area contributed by atoms with E-state index in [2.05, 4.69) is 10.5 Å². The molecule has 0 amide bonds. The van der Waals surface area contributed by atoms with Crippen LogP contribution in [-0.4, -0.2) is 16.6 Å². The lowest BCUT2D eigenvalue weighted by atomic mass is 9.75. The van der Waals surface area contributed by atoms with Gasteiger partial charge >= 0.3 is 0 Å². The third-order valence-corrected chi connectivity index (χ3v) is 4.64.